The molecule has 0 unspecified atom stereocenters. The highest BCUT2D eigenvalue weighted by atomic mass is 32.1. The number of thiazole rings is 1. The third-order valence-corrected chi connectivity index (χ3v) is 7.12. The van der Waals surface area contributed by atoms with Crippen molar-refractivity contribution in [3.05, 3.63) is 64.2 Å². The largest absolute Gasteiger partial charge is 0.350 e. The number of hydrogen-bond donors (Lipinski definition) is 1. The molecule has 8 heteroatoms. The SMILES string of the molecule is O=C(NCc1csc(-c2cccs2)n1)C1CCN(C(=O)Cc2cccc(F)c2)CC1. The molecule has 0 aliphatic carbocycles. The van der Waals surface area contributed by atoms with Gasteiger partial charge in [0.2, 0.25) is 11.8 Å². The van der Waals surface area contributed by atoms with E-state index in [0.29, 0.717) is 38.0 Å². The molecule has 0 radical (unpaired) electrons. The van der Waals surface area contributed by atoms with Crippen LogP contribution in [0.4, 0.5) is 4.39 Å². The van der Waals surface area contributed by atoms with E-state index in [9.17, 15) is 14.0 Å². The molecule has 1 aliphatic heterocycles. The van der Waals surface area contributed by atoms with Crippen molar-refractivity contribution in [1.29, 1.82) is 0 Å². The number of carbonyl (C=O) groups is 2. The number of carbonyl (C=O) groups excluding carboxylic acids is 2. The third kappa shape index (κ3) is 5.12. The highest BCUT2D eigenvalue weighted by Gasteiger charge is 2.27. The van der Waals surface area contributed by atoms with E-state index in [1.54, 1.807) is 39.7 Å². The smallest absolute Gasteiger partial charge is 0.226 e. The Kier molecular flexibility index (Phi) is 6.54. The Balaban J connectivity index is 1.23. The number of piperidine rings is 1. The number of benzene rings is 1. The Morgan fingerprint density at radius 3 is 2.73 bits per heavy atom. The average Bonchev–Trinajstić information content (AvgIpc) is 3.44. The highest BCUT2D eigenvalue weighted by molar-refractivity contribution is 7.20. The summed E-state index contributed by atoms with van der Waals surface area (Å²) in [7, 11) is 0. The standard InChI is InChI=1S/C22H22FN3O2S2/c23-17-4-1-3-15(11-17)12-20(27)26-8-6-16(7-9-26)21(28)24-13-18-14-30-22(25-18)19-5-2-10-29-19/h1-5,10-11,14,16H,6-9,12-13H2,(H,24,28). The predicted octanol–water partition coefficient (Wildman–Crippen LogP) is 4.11. The van der Waals surface area contributed by atoms with Gasteiger partial charge in [-0.25, -0.2) is 9.37 Å². The average molecular weight is 444 g/mol. The first kappa shape index (κ1) is 20.7. The fourth-order valence-electron chi connectivity index (χ4n) is 3.55. The summed E-state index contributed by atoms with van der Waals surface area (Å²) in [6, 6.07) is 10.2. The summed E-state index contributed by atoms with van der Waals surface area (Å²) >= 11 is 3.23. The van der Waals surface area contributed by atoms with Crippen molar-refractivity contribution in [2.24, 2.45) is 5.92 Å². The molecule has 0 spiro atoms. The normalized spacial score (nSPS) is 14.6. The van der Waals surface area contributed by atoms with Crippen molar-refractivity contribution < 1.29 is 14.0 Å². The molecule has 3 heterocycles. The zero-order valence-corrected chi connectivity index (χ0v) is 18.0. The molecule has 1 aliphatic rings. The summed E-state index contributed by atoms with van der Waals surface area (Å²) in [5.74, 6) is -0.446. The van der Waals surface area contributed by atoms with Crippen molar-refractivity contribution in [3.8, 4) is 9.88 Å². The number of nitrogens with one attached hydrogen (secondary N) is 1. The van der Waals surface area contributed by atoms with Gasteiger partial charge in [0.15, 0.2) is 0 Å². The van der Waals surface area contributed by atoms with Crippen molar-refractivity contribution in [1.82, 2.24) is 15.2 Å². The topological polar surface area (TPSA) is 62.3 Å². The minimum absolute atomic E-state index is 0.0119. The molecule has 156 valence electrons. The molecule has 2 amide bonds. The molecule has 0 atom stereocenters. The van der Waals surface area contributed by atoms with Gasteiger partial charge in [-0.2, -0.15) is 0 Å². The van der Waals surface area contributed by atoms with Gasteiger partial charge < -0.3 is 10.2 Å². The van der Waals surface area contributed by atoms with Crippen LogP contribution in [0.1, 0.15) is 24.1 Å². The van der Waals surface area contributed by atoms with Gasteiger partial charge in [-0.1, -0.05) is 18.2 Å². The maximum atomic E-state index is 13.3. The van der Waals surface area contributed by atoms with Gasteiger partial charge in [-0.3, -0.25) is 9.59 Å². The molecule has 3 aromatic rings. The number of aromatic nitrogens is 1. The first-order chi connectivity index (χ1) is 14.6. The van der Waals surface area contributed by atoms with Crippen LogP contribution in [0, 0.1) is 11.7 Å². The summed E-state index contributed by atoms with van der Waals surface area (Å²) in [6.45, 7) is 1.51. The Labute approximate surface area is 182 Å². The van der Waals surface area contributed by atoms with Gasteiger partial charge >= 0.3 is 0 Å². The lowest BCUT2D eigenvalue weighted by Crippen LogP contribution is -2.43. The van der Waals surface area contributed by atoms with Crippen molar-refractivity contribution in [2.45, 2.75) is 25.8 Å². The van der Waals surface area contributed by atoms with E-state index in [2.05, 4.69) is 10.3 Å². The molecule has 4 rings (SSSR count). The van der Waals surface area contributed by atoms with E-state index in [4.69, 9.17) is 0 Å². The van der Waals surface area contributed by atoms with Crippen LogP contribution >= 0.6 is 22.7 Å². The summed E-state index contributed by atoms with van der Waals surface area (Å²) < 4.78 is 13.3. The van der Waals surface area contributed by atoms with Crippen LogP contribution in [0.15, 0.2) is 47.2 Å². The zero-order chi connectivity index (χ0) is 20.9. The van der Waals surface area contributed by atoms with Crippen LogP contribution in [-0.4, -0.2) is 34.8 Å². The quantitative estimate of drug-likeness (QED) is 0.624. The maximum Gasteiger partial charge on any atom is 0.226 e. The first-order valence-corrected chi connectivity index (χ1v) is 11.6. The second kappa shape index (κ2) is 9.49. The van der Waals surface area contributed by atoms with E-state index in [1.165, 1.54) is 12.1 Å². The molecule has 2 aromatic heterocycles. The Bertz CT molecular complexity index is 1010. The van der Waals surface area contributed by atoms with Gasteiger partial charge in [0.1, 0.15) is 10.8 Å². The van der Waals surface area contributed by atoms with Crippen LogP contribution < -0.4 is 5.32 Å². The predicted molar refractivity (Wildman–Crippen MR) is 117 cm³/mol. The van der Waals surface area contributed by atoms with Gasteiger partial charge in [-0.05, 0) is 42.0 Å². The van der Waals surface area contributed by atoms with E-state index < -0.39 is 0 Å². The second-order valence-electron chi connectivity index (χ2n) is 7.30. The Hall–Kier alpha value is -2.58. The molecule has 30 heavy (non-hydrogen) atoms. The molecular formula is C22H22FN3O2S2. The third-order valence-electron chi connectivity index (χ3n) is 5.19. The number of hydrogen-bond acceptors (Lipinski definition) is 5. The number of amides is 2. The highest BCUT2D eigenvalue weighted by Crippen LogP contribution is 2.27. The molecular weight excluding hydrogens is 421 g/mol. The summed E-state index contributed by atoms with van der Waals surface area (Å²) in [6.07, 6.45) is 1.46. The van der Waals surface area contributed by atoms with Crippen molar-refractivity contribution in [3.63, 3.8) is 0 Å². The van der Waals surface area contributed by atoms with Crippen LogP contribution in [-0.2, 0) is 22.6 Å². The Morgan fingerprint density at radius 1 is 1.17 bits per heavy atom. The summed E-state index contributed by atoms with van der Waals surface area (Å²) in [4.78, 5) is 32.5. The van der Waals surface area contributed by atoms with Gasteiger partial charge in [0.25, 0.3) is 0 Å². The fraction of sp³-hybridized carbons (Fsp3) is 0.318. The van der Waals surface area contributed by atoms with Gasteiger partial charge in [-0.15, -0.1) is 22.7 Å². The van der Waals surface area contributed by atoms with Crippen molar-refractivity contribution in [2.75, 3.05) is 13.1 Å². The molecule has 5 nitrogen and oxygen atoms in total. The maximum absolute atomic E-state index is 13.3. The monoisotopic (exact) mass is 443 g/mol. The summed E-state index contributed by atoms with van der Waals surface area (Å²) in [5, 5.41) is 7.95. The van der Waals surface area contributed by atoms with Crippen LogP contribution in [0.25, 0.3) is 9.88 Å². The molecule has 0 saturated carbocycles. The molecule has 1 saturated heterocycles. The first-order valence-electron chi connectivity index (χ1n) is 9.86. The van der Waals surface area contributed by atoms with E-state index in [1.807, 2.05) is 22.9 Å². The molecule has 0 bridgehead atoms. The number of rotatable bonds is 6. The lowest BCUT2D eigenvalue weighted by molar-refractivity contribution is -0.135. The number of halogens is 1. The van der Waals surface area contributed by atoms with Crippen LogP contribution in [0.5, 0.6) is 0 Å². The van der Waals surface area contributed by atoms with E-state index >= 15 is 0 Å². The fourth-order valence-corrected chi connectivity index (χ4v) is 5.18. The zero-order valence-electron chi connectivity index (χ0n) is 16.3. The van der Waals surface area contributed by atoms with Crippen LogP contribution in [0.3, 0.4) is 0 Å². The second-order valence-corrected chi connectivity index (χ2v) is 9.11. The summed E-state index contributed by atoms with van der Waals surface area (Å²) in [5.41, 5.74) is 1.53. The number of nitrogens with zero attached hydrogens (tertiary/aromatic N) is 2. The minimum atomic E-state index is -0.335. The van der Waals surface area contributed by atoms with Crippen molar-refractivity contribution >= 4 is 34.5 Å². The minimum Gasteiger partial charge on any atom is -0.350 e. The van der Waals surface area contributed by atoms with E-state index in [-0.39, 0.29) is 30.0 Å². The lowest BCUT2D eigenvalue weighted by atomic mass is 9.95. The number of thiophene rings is 1. The van der Waals surface area contributed by atoms with Crippen LogP contribution in [0.2, 0.25) is 0 Å². The Morgan fingerprint density at radius 2 is 2.00 bits per heavy atom. The molecule has 1 aromatic carbocycles. The molecule has 1 N–H and O–H groups in total. The van der Waals surface area contributed by atoms with Gasteiger partial charge in [0.05, 0.1) is 23.5 Å². The lowest BCUT2D eigenvalue weighted by Gasteiger charge is -2.31. The van der Waals surface area contributed by atoms with Gasteiger partial charge in [0, 0.05) is 24.4 Å². The van der Waals surface area contributed by atoms with E-state index in [0.717, 1.165) is 15.6 Å². The molecule has 1 fully saturated rings. The number of likely N-dealkylation sites (tertiary alicyclic amines) is 1.